The van der Waals surface area contributed by atoms with E-state index in [2.05, 4.69) is 21.7 Å². The molecule has 1 aromatic heterocycles. The Morgan fingerprint density at radius 2 is 1.68 bits per heavy atom. The Balaban J connectivity index is 1.77. The van der Waals surface area contributed by atoms with Crippen LogP contribution in [0.3, 0.4) is 0 Å². The van der Waals surface area contributed by atoms with Crippen LogP contribution in [0, 0.1) is 17.8 Å². The highest BCUT2D eigenvalue weighted by molar-refractivity contribution is 6.28. The molecule has 0 aromatic carbocycles. The van der Waals surface area contributed by atoms with Crippen LogP contribution < -0.4 is 0 Å². The van der Waals surface area contributed by atoms with Crippen LogP contribution in [0.15, 0.2) is 0 Å². The lowest BCUT2D eigenvalue weighted by Gasteiger charge is -2.57. The molecule has 0 N–H and O–H groups in total. The molecule has 0 amide bonds. The molecule has 3 nitrogen and oxygen atoms in total. The third-order valence-corrected chi connectivity index (χ3v) is 5.89. The third-order valence-electron chi connectivity index (χ3n) is 5.64. The first-order valence-corrected chi connectivity index (χ1v) is 8.18. The zero-order valence-corrected chi connectivity index (χ0v) is 12.4. The van der Waals surface area contributed by atoms with Gasteiger partial charge in [-0.25, -0.2) is 0 Å². The van der Waals surface area contributed by atoms with Gasteiger partial charge in [0.05, 0.1) is 0 Å². The minimum Gasteiger partial charge on any atom is -0.296 e. The van der Waals surface area contributed by atoms with Crippen molar-refractivity contribution in [2.24, 2.45) is 17.8 Å². The zero-order valence-electron chi connectivity index (χ0n) is 11.6. The van der Waals surface area contributed by atoms with Crippen LogP contribution in [0.1, 0.15) is 57.7 Å². The summed E-state index contributed by atoms with van der Waals surface area (Å²) in [5.74, 6) is 3.91. The maximum absolute atomic E-state index is 6.41. The largest absolute Gasteiger partial charge is 0.296 e. The average Bonchev–Trinajstić information content (AvgIpc) is 2.70. The summed E-state index contributed by atoms with van der Waals surface area (Å²) in [6, 6.07) is 0. The SMILES string of the molecule is CCCc1nnc(Cl)n1C12CC3CC(CC(C3)C1)C2. The van der Waals surface area contributed by atoms with Crippen molar-refractivity contribution < 1.29 is 0 Å². The standard InChI is InChI=1S/C15H22ClN3/c1-2-3-13-17-18-14(16)19(13)15-7-10-4-11(8-15)6-12(5-10)9-15/h10-12H,2-9H2,1H3. The number of nitrogens with zero attached hydrogens (tertiary/aromatic N) is 3. The summed E-state index contributed by atoms with van der Waals surface area (Å²) in [6.45, 7) is 2.20. The van der Waals surface area contributed by atoms with Gasteiger partial charge in [0.2, 0.25) is 5.28 Å². The number of aromatic nitrogens is 3. The van der Waals surface area contributed by atoms with Crippen LogP contribution in [0.25, 0.3) is 0 Å². The molecule has 4 aliphatic rings. The van der Waals surface area contributed by atoms with Crippen LogP contribution in [-0.4, -0.2) is 14.8 Å². The first kappa shape index (κ1) is 12.2. The molecule has 1 aromatic rings. The summed E-state index contributed by atoms with van der Waals surface area (Å²) in [4.78, 5) is 0. The lowest BCUT2D eigenvalue weighted by molar-refractivity contribution is -0.0444. The van der Waals surface area contributed by atoms with Gasteiger partial charge in [-0.2, -0.15) is 0 Å². The van der Waals surface area contributed by atoms with Crippen molar-refractivity contribution in [3.63, 3.8) is 0 Å². The first-order valence-electron chi connectivity index (χ1n) is 7.80. The van der Waals surface area contributed by atoms with Gasteiger partial charge in [-0.3, -0.25) is 4.57 Å². The van der Waals surface area contributed by atoms with Crippen LogP contribution in [0.5, 0.6) is 0 Å². The smallest absolute Gasteiger partial charge is 0.225 e. The molecule has 5 rings (SSSR count). The Labute approximate surface area is 119 Å². The number of aryl methyl sites for hydroxylation is 1. The molecule has 4 bridgehead atoms. The molecule has 4 fully saturated rings. The molecule has 0 aliphatic heterocycles. The molecule has 4 aliphatic carbocycles. The van der Waals surface area contributed by atoms with Crippen molar-refractivity contribution in [2.45, 2.75) is 63.8 Å². The summed E-state index contributed by atoms with van der Waals surface area (Å²) in [6.07, 6.45) is 10.4. The van der Waals surface area contributed by atoms with Gasteiger partial charge in [-0.05, 0) is 74.3 Å². The topological polar surface area (TPSA) is 30.7 Å². The number of hydrogen-bond donors (Lipinski definition) is 0. The second-order valence-electron chi connectivity index (χ2n) is 7.11. The van der Waals surface area contributed by atoms with E-state index in [9.17, 15) is 0 Å². The highest BCUT2D eigenvalue weighted by Crippen LogP contribution is 2.59. The van der Waals surface area contributed by atoms with Gasteiger partial charge >= 0.3 is 0 Å². The maximum atomic E-state index is 6.41. The molecular formula is C15H22ClN3. The van der Waals surface area contributed by atoms with Gasteiger partial charge in [-0.1, -0.05) is 6.92 Å². The average molecular weight is 280 g/mol. The minimum atomic E-state index is 0.264. The number of rotatable bonds is 3. The third kappa shape index (κ3) is 1.77. The van der Waals surface area contributed by atoms with E-state index in [0.29, 0.717) is 5.28 Å². The Morgan fingerprint density at radius 1 is 1.11 bits per heavy atom. The molecule has 19 heavy (non-hydrogen) atoms. The van der Waals surface area contributed by atoms with Crippen molar-refractivity contribution in [3.8, 4) is 0 Å². The van der Waals surface area contributed by atoms with E-state index in [1.807, 2.05) is 0 Å². The number of hydrogen-bond acceptors (Lipinski definition) is 2. The lowest BCUT2D eigenvalue weighted by Crippen LogP contribution is -2.52. The van der Waals surface area contributed by atoms with E-state index in [0.717, 1.165) is 36.4 Å². The zero-order chi connectivity index (χ0) is 13.0. The Kier molecular flexibility index (Phi) is 2.70. The maximum Gasteiger partial charge on any atom is 0.225 e. The van der Waals surface area contributed by atoms with E-state index in [4.69, 9.17) is 11.6 Å². The summed E-state index contributed by atoms with van der Waals surface area (Å²) in [7, 11) is 0. The summed E-state index contributed by atoms with van der Waals surface area (Å²) in [5, 5.41) is 9.14. The molecule has 4 heteroatoms. The Bertz CT molecular complexity index is 458. The van der Waals surface area contributed by atoms with Crippen molar-refractivity contribution in [1.82, 2.24) is 14.8 Å². The van der Waals surface area contributed by atoms with Crippen LogP contribution in [0.4, 0.5) is 0 Å². The molecule has 0 radical (unpaired) electrons. The quantitative estimate of drug-likeness (QED) is 0.842. The summed E-state index contributed by atoms with van der Waals surface area (Å²) in [5.41, 5.74) is 0.264. The fraction of sp³-hybridized carbons (Fsp3) is 0.867. The molecule has 0 spiro atoms. The second kappa shape index (κ2) is 4.21. The van der Waals surface area contributed by atoms with E-state index in [1.54, 1.807) is 0 Å². The van der Waals surface area contributed by atoms with Crippen molar-refractivity contribution in [2.75, 3.05) is 0 Å². The predicted octanol–water partition coefficient (Wildman–Crippen LogP) is 3.81. The van der Waals surface area contributed by atoms with Crippen molar-refractivity contribution in [3.05, 3.63) is 11.1 Å². The fourth-order valence-electron chi connectivity index (χ4n) is 5.49. The lowest BCUT2D eigenvalue weighted by atomic mass is 9.53. The number of halogens is 1. The van der Waals surface area contributed by atoms with Crippen LogP contribution >= 0.6 is 11.6 Å². The Hall–Kier alpha value is -0.570. The first-order chi connectivity index (χ1) is 9.20. The van der Waals surface area contributed by atoms with Gasteiger partial charge < -0.3 is 0 Å². The minimum absolute atomic E-state index is 0.264. The molecular weight excluding hydrogens is 258 g/mol. The van der Waals surface area contributed by atoms with E-state index < -0.39 is 0 Å². The summed E-state index contributed by atoms with van der Waals surface area (Å²) < 4.78 is 2.34. The van der Waals surface area contributed by atoms with Crippen LogP contribution in [0.2, 0.25) is 5.28 Å². The van der Waals surface area contributed by atoms with Gasteiger partial charge in [-0.15, -0.1) is 10.2 Å². The normalized spacial score (nSPS) is 40.0. The monoisotopic (exact) mass is 279 g/mol. The van der Waals surface area contributed by atoms with Crippen molar-refractivity contribution >= 4 is 11.6 Å². The van der Waals surface area contributed by atoms with E-state index in [1.165, 1.54) is 38.5 Å². The van der Waals surface area contributed by atoms with Gasteiger partial charge in [0.15, 0.2) is 0 Å². The van der Waals surface area contributed by atoms with Crippen molar-refractivity contribution in [1.29, 1.82) is 0 Å². The van der Waals surface area contributed by atoms with Gasteiger partial charge in [0.25, 0.3) is 0 Å². The predicted molar refractivity (Wildman–Crippen MR) is 75.2 cm³/mol. The fourth-order valence-corrected chi connectivity index (χ4v) is 5.80. The van der Waals surface area contributed by atoms with Gasteiger partial charge in [0, 0.05) is 12.0 Å². The highest BCUT2D eigenvalue weighted by Gasteiger charge is 2.53. The highest BCUT2D eigenvalue weighted by atomic mass is 35.5. The molecule has 0 atom stereocenters. The van der Waals surface area contributed by atoms with Crippen LogP contribution in [-0.2, 0) is 12.0 Å². The molecule has 1 heterocycles. The summed E-state index contributed by atoms with van der Waals surface area (Å²) >= 11 is 6.41. The molecule has 104 valence electrons. The second-order valence-corrected chi connectivity index (χ2v) is 7.45. The Morgan fingerprint density at radius 3 is 2.21 bits per heavy atom. The molecule has 4 saturated carbocycles. The van der Waals surface area contributed by atoms with E-state index >= 15 is 0 Å². The van der Waals surface area contributed by atoms with E-state index in [-0.39, 0.29) is 5.54 Å². The van der Waals surface area contributed by atoms with Gasteiger partial charge in [0.1, 0.15) is 5.82 Å². The molecule has 0 saturated heterocycles. The molecule has 0 unspecified atom stereocenters.